The van der Waals surface area contributed by atoms with Crippen LogP contribution >= 0.6 is 0 Å². The van der Waals surface area contributed by atoms with Crippen molar-refractivity contribution in [1.82, 2.24) is 0 Å². The van der Waals surface area contributed by atoms with Gasteiger partial charge < -0.3 is 4.74 Å². The van der Waals surface area contributed by atoms with E-state index in [0.29, 0.717) is 18.1 Å². The summed E-state index contributed by atoms with van der Waals surface area (Å²) in [5, 5.41) is 0. The van der Waals surface area contributed by atoms with E-state index in [1.807, 2.05) is 0 Å². The summed E-state index contributed by atoms with van der Waals surface area (Å²) in [6, 6.07) is 0. The van der Waals surface area contributed by atoms with Gasteiger partial charge >= 0.3 is 0 Å². The van der Waals surface area contributed by atoms with E-state index >= 15 is 0 Å². The second-order valence-electron chi connectivity index (χ2n) is 3.89. The van der Waals surface area contributed by atoms with Crippen LogP contribution in [0.25, 0.3) is 0 Å². The number of ether oxygens (including phenoxy) is 1. The maximum absolute atomic E-state index is 5.88. The Morgan fingerprint density at radius 3 is 3.08 bits per heavy atom. The molecule has 1 heteroatoms. The normalized spacial score (nSPS) is 40.5. The SMILES string of the molecule is CC1CCC2=CC=CC(C)C2O1. The molecule has 0 spiro atoms. The topological polar surface area (TPSA) is 9.23 Å². The molecule has 1 heterocycles. The van der Waals surface area contributed by atoms with E-state index in [2.05, 4.69) is 32.1 Å². The molecule has 0 amide bonds. The summed E-state index contributed by atoms with van der Waals surface area (Å²) < 4.78 is 5.88. The van der Waals surface area contributed by atoms with Gasteiger partial charge in [-0.1, -0.05) is 25.2 Å². The first-order valence-corrected chi connectivity index (χ1v) is 4.80. The molecule has 3 atom stereocenters. The Morgan fingerprint density at radius 1 is 1.42 bits per heavy atom. The highest BCUT2D eigenvalue weighted by molar-refractivity contribution is 5.25. The summed E-state index contributed by atoms with van der Waals surface area (Å²) in [5.41, 5.74) is 1.49. The summed E-state index contributed by atoms with van der Waals surface area (Å²) in [6.45, 7) is 4.40. The highest BCUT2D eigenvalue weighted by Crippen LogP contribution is 2.31. The van der Waals surface area contributed by atoms with E-state index in [-0.39, 0.29) is 0 Å². The lowest BCUT2D eigenvalue weighted by Crippen LogP contribution is -2.33. The second kappa shape index (κ2) is 3.06. The Balaban J connectivity index is 2.16. The molecule has 66 valence electrons. The average molecular weight is 164 g/mol. The molecule has 1 saturated heterocycles. The van der Waals surface area contributed by atoms with Crippen molar-refractivity contribution in [2.45, 2.75) is 38.9 Å². The maximum Gasteiger partial charge on any atom is 0.0851 e. The quantitative estimate of drug-likeness (QED) is 0.535. The van der Waals surface area contributed by atoms with E-state index in [0.717, 1.165) is 0 Å². The molecule has 0 aromatic rings. The molecule has 12 heavy (non-hydrogen) atoms. The fraction of sp³-hybridized carbons (Fsp3) is 0.636. The lowest BCUT2D eigenvalue weighted by atomic mass is 9.87. The Labute approximate surface area is 74.1 Å². The fourth-order valence-electron chi connectivity index (χ4n) is 2.01. The first-order chi connectivity index (χ1) is 5.77. The van der Waals surface area contributed by atoms with Gasteiger partial charge in [-0.3, -0.25) is 0 Å². The Hall–Kier alpha value is -0.560. The minimum absolute atomic E-state index is 0.374. The van der Waals surface area contributed by atoms with Gasteiger partial charge in [0, 0.05) is 5.92 Å². The van der Waals surface area contributed by atoms with E-state index in [1.165, 1.54) is 18.4 Å². The monoisotopic (exact) mass is 164 g/mol. The van der Waals surface area contributed by atoms with Crippen molar-refractivity contribution in [2.24, 2.45) is 5.92 Å². The Bertz CT molecular complexity index is 227. The number of rotatable bonds is 0. The van der Waals surface area contributed by atoms with Gasteiger partial charge in [0.25, 0.3) is 0 Å². The predicted molar refractivity (Wildman–Crippen MR) is 50.0 cm³/mol. The van der Waals surface area contributed by atoms with E-state index in [9.17, 15) is 0 Å². The smallest absolute Gasteiger partial charge is 0.0851 e. The summed E-state index contributed by atoms with van der Waals surface area (Å²) in [6.07, 6.45) is 9.84. The number of fused-ring (bicyclic) bond motifs is 1. The molecular weight excluding hydrogens is 148 g/mol. The standard InChI is InChI=1S/C11H16O/c1-8-4-3-5-10-7-6-9(2)12-11(8)10/h3-5,8-9,11H,6-7H2,1-2H3. The van der Waals surface area contributed by atoms with Crippen molar-refractivity contribution in [3.63, 3.8) is 0 Å². The zero-order valence-corrected chi connectivity index (χ0v) is 7.79. The van der Waals surface area contributed by atoms with Crippen molar-refractivity contribution in [2.75, 3.05) is 0 Å². The predicted octanol–water partition coefficient (Wildman–Crippen LogP) is 2.69. The van der Waals surface area contributed by atoms with Crippen LogP contribution in [0.5, 0.6) is 0 Å². The molecule has 0 N–H and O–H groups in total. The summed E-state index contributed by atoms with van der Waals surface area (Å²) in [4.78, 5) is 0. The Morgan fingerprint density at radius 2 is 2.25 bits per heavy atom. The first-order valence-electron chi connectivity index (χ1n) is 4.80. The number of allylic oxidation sites excluding steroid dienone is 2. The molecule has 2 rings (SSSR count). The maximum atomic E-state index is 5.88. The molecule has 1 aliphatic carbocycles. The van der Waals surface area contributed by atoms with Crippen molar-refractivity contribution >= 4 is 0 Å². The lowest BCUT2D eigenvalue weighted by Gasteiger charge is -2.34. The molecule has 1 fully saturated rings. The van der Waals surface area contributed by atoms with Gasteiger partial charge in [-0.25, -0.2) is 0 Å². The van der Waals surface area contributed by atoms with Gasteiger partial charge in [0.05, 0.1) is 12.2 Å². The highest BCUT2D eigenvalue weighted by Gasteiger charge is 2.28. The van der Waals surface area contributed by atoms with E-state index in [4.69, 9.17) is 4.74 Å². The van der Waals surface area contributed by atoms with Crippen molar-refractivity contribution < 1.29 is 4.74 Å². The van der Waals surface area contributed by atoms with Crippen LogP contribution in [-0.4, -0.2) is 12.2 Å². The summed E-state index contributed by atoms with van der Waals surface area (Å²) in [7, 11) is 0. The average Bonchev–Trinajstić information content (AvgIpc) is 2.07. The van der Waals surface area contributed by atoms with Crippen LogP contribution in [0.3, 0.4) is 0 Å². The largest absolute Gasteiger partial charge is 0.370 e. The molecule has 1 nitrogen and oxygen atoms in total. The molecule has 0 saturated carbocycles. The van der Waals surface area contributed by atoms with Crippen molar-refractivity contribution in [3.8, 4) is 0 Å². The minimum Gasteiger partial charge on any atom is -0.370 e. The minimum atomic E-state index is 0.374. The van der Waals surface area contributed by atoms with Gasteiger partial charge in [-0.05, 0) is 25.3 Å². The highest BCUT2D eigenvalue weighted by atomic mass is 16.5. The third kappa shape index (κ3) is 1.34. The Kier molecular flexibility index (Phi) is 2.05. The molecule has 0 bridgehead atoms. The van der Waals surface area contributed by atoms with Gasteiger partial charge in [0.15, 0.2) is 0 Å². The zero-order chi connectivity index (χ0) is 8.55. The van der Waals surface area contributed by atoms with Crippen molar-refractivity contribution in [3.05, 3.63) is 23.8 Å². The van der Waals surface area contributed by atoms with E-state index in [1.54, 1.807) is 0 Å². The third-order valence-electron chi connectivity index (χ3n) is 2.79. The second-order valence-corrected chi connectivity index (χ2v) is 3.89. The summed E-state index contributed by atoms with van der Waals surface area (Å²) >= 11 is 0. The first kappa shape index (κ1) is 8.06. The van der Waals surface area contributed by atoms with Crippen molar-refractivity contribution in [1.29, 1.82) is 0 Å². The van der Waals surface area contributed by atoms with Crippen LogP contribution in [0.2, 0.25) is 0 Å². The van der Waals surface area contributed by atoms with Crippen LogP contribution in [0.4, 0.5) is 0 Å². The number of hydrogen-bond acceptors (Lipinski definition) is 1. The molecule has 3 unspecified atom stereocenters. The van der Waals surface area contributed by atoms with Gasteiger partial charge in [0.1, 0.15) is 0 Å². The van der Waals surface area contributed by atoms with Gasteiger partial charge in [-0.15, -0.1) is 0 Å². The third-order valence-corrected chi connectivity index (χ3v) is 2.79. The van der Waals surface area contributed by atoms with Crippen LogP contribution in [0.15, 0.2) is 23.8 Å². The zero-order valence-electron chi connectivity index (χ0n) is 7.79. The van der Waals surface area contributed by atoms with Crippen LogP contribution in [-0.2, 0) is 4.74 Å². The molecule has 1 aliphatic heterocycles. The molecule has 0 aromatic heterocycles. The number of hydrogen-bond donors (Lipinski definition) is 0. The van der Waals surface area contributed by atoms with Crippen LogP contribution < -0.4 is 0 Å². The fourth-order valence-corrected chi connectivity index (χ4v) is 2.01. The molecule has 0 aromatic carbocycles. The van der Waals surface area contributed by atoms with Gasteiger partial charge in [0.2, 0.25) is 0 Å². The molecule has 2 aliphatic rings. The summed E-state index contributed by atoms with van der Waals surface area (Å²) in [5.74, 6) is 0.563. The lowest BCUT2D eigenvalue weighted by molar-refractivity contribution is -0.0256. The van der Waals surface area contributed by atoms with Gasteiger partial charge in [-0.2, -0.15) is 0 Å². The van der Waals surface area contributed by atoms with E-state index < -0.39 is 0 Å². The molecular formula is C11H16O. The van der Waals surface area contributed by atoms with Crippen LogP contribution in [0.1, 0.15) is 26.7 Å². The van der Waals surface area contributed by atoms with Crippen LogP contribution in [0, 0.1) is 5.92 Å². The molecule has 0 radical (unpaired) electrons.